The van der Waals surface area contributed by atoms with Gasteiger partial charge in [-0.2, -0.15) is 0 Å². The van der Waals surface area contributed by atoms with Crippen molar-refractivity contribution < 1.29 is 0 Å². The first-order valence-corrected chi connectivity index (χ1v) is 5.74. The Kier molecular flexibility index (Phi) is 3.07. The molecule has 0 spiro atoms. The van der Waals surface area contributed by atoms with Gasteiger partial charge in [0, 0.05) is 17.8 Å². The summed E-state index contributed by atoms with van der Waals surface area (Å²) in [6, 6.07) is 4.10. The van der Waals surface area contributed by atoms with Gasteiger partial charge in [0.05, 0.1) is 0 Å². The Bertz CT molecular complexity index is 282. The lowest BCUT2D eigenvalue weighted by Gasteiger charge is -2.17. The van der Waals surface area contributed by atoms with Gasteiger partial charge in [-0.3, -0.25) is 4.98 Å². The number of hydrogen-bond acceptors (Lipinski definition) is 1. The van der Waals surface area contributed by atoms with Crippen LogP contribution in [0.3, 0.4) is 0 Å². The van der Waals surface area contributed by atoms with Crippen molar-refractivity contribution in [3.63, 3.8) is 0 Å². The summed E-state index contributed by atoms with van der Waals surface area (Å²) < 4.78 is 0. The third kappa shape index (κ3) is 2.48. The zero-order chi connectivity index (χ0) is 9.97. The van der Waals surface area contributed by atoms with Crippen LogP contribution in [-0.2, 0) is 6.42 Å². The van der Waals surface area contributed by atoms with E-state index in [-0.39, 0.29) is 5.38 Å². The van der Waals surface area contributed by atoms with Crippen LogP contribution in [0.5, 0.6) is 0 Å². The van der Waals surface area contributed by atoms with Crippen LogP contribution in [0, 0.1) is 11.8 Å². The van der Waals surface area contributed by atoms with Crippen LogP contribution in [0.1, 0.15) is 25.3 Å². The van der Waals surface area contributed by atoms with E-state index in [1.165, 1.54) is 18.4 Å². The Morgan fingerprint density at radius 1 is 1.43 bits per heavy atom. The summed E-state index contributed by atoms with van der Waals surface area (Å²) in [6.07, 6.45) is 7.39. The molecule has 0 aromatic carbocycles. The van der Waals surface area contributed by atoms with E-state index in [9.17, 15) is 0 Å². The second kappa shape index (κ2) is 4.31. The normalized spacial score (nSPS) is 20.4. The van der Waals surface area contributed by atoms with Crippen LogP contribution in [0.15, 0.2) is 24.5 Å². The van der Waals surface area contributed by atoms with Gasteiger partial charge in [0.1, 0.15) is 0 Å². The molecule has 1 aliphatic carbocycles. The average Bonchev–Trinajstić information content (AvgIpc) is 3.01. The first kappa shape index (κ1) is 9.97. The first-order chi connectivity index (χ1) is 6.77. The maximum absolute atomic E-state index is 6.38. The molecule has 2 unspecified atom stereocenters. The summed E-state index contributed by atoms with van der Waals surface area (Å²) in [7, 11) is 0. The molecule has 1 heterocycles. The number of rotatable bonds is 4. The van der Waals surface area contributed by atoms with Crippen molar-refractivity contribution in [3.05, 3.63) is 30.1 Å². The molecule has 1 aromatic heterocycles. The number of aromatic nitrogens is 1. The molecule has 0 N–H and O–H groups in total. The molecule has 0 saturated heterocycles. The third-order valence-electron chi connectivity index (χ3n) is 3.12. The van der Waals surface area contributed by atoms with Gasteiger partial charge in [0.2, 0.25) is 0 Å². The molecule has 1 saturated carbocycles. The summed E-state index contributed by atoms with van der Waals surface area (Å²) in [6.45, 7) is 2.27. The smallest absolute Gasteiger partial charge is 0.0404 e. The SMILES string of the molecule is CC(C(Cl)Cc1ccncc1)C1CC1. The molecule has 1 aliphatic rings. The highest BCUT2D eigenvalue weighted by atomic mass is 35.5. The van der Waals surface area contributed by atoms with Crippen LogP contribution in [-0.4, -0.2) is 10.4 Å². The largest absolute Gasteiger partial charge is 0.265 e. The van der Waals surface area contributed by atoms with Gasteiger partial charge in [-0.05, 0) is 48.8 Å². The second-order valence-electron chi connectivity index (χ2n) is 4.27. The molecule has 14 heavy (non-hydrogen) atoms. The average molecular weight is 210 g/mol. The van der Waals surface area contributed by atoms with Gasteiger partial charge < -0.3 is 0 Å². The van der Waals surface area contributed by atoms with Crippen molar-refractivity contribution >= 4 is 11.6 Å². The van der Waals surface area contributed by atoms with Crippen molar-refractivity contribution in [2.45, 2.75) is 31.6 Å². The Morgan fingerprint density at radius 3 is 2.64 bits per heavy atom. The van der Waals surface area contributed by atoms with E-state index in [2.05, 4.69) is 24.0 Å². The molecule has 76 valence electrons. The zero-order valence-corrected chi connectivity index (χ0v) is 9.24. The fourth-order valence-corrected chi connectivity index (χ4v) is 2.23. The molecule has 1 aromatic rings. The number of nitrogens with zero attached hydrogens (tertiary/aromatic N) is 1. The van der Waals surface area contributed by atoms with Gasteiger partial charge in [0.15, 0.2) is 0 Å². The Morgan fingerprint density at radius 2 is 2.07 bits per heavy atom. The van der Waals surface area contributed by atoms with Gasteiger partial charge in [-0.25, -0.2) is 0 Å². The lowest BCUT2D eigenvalue weighted by Crippen LogP contribution is -2.16. The minimum atomic E-state index is 0.282. The minimum Gasteiger partial charge on any atom is -0.265 e. The van der Waals surface area contributed by atoms with E-state index in [0.29, 0.717) is 5.92 Å². The van der Waals surface area contributed by atoms with Crippen molar-refractivity contribution in [1.82, 2.24) is 4.98 Å². The van der Waals surface area contributed by atoms with Crippen LogP contribution < -0.4 is 0 Å². The fraction of sp³-hybridized carbons (Fsp3) is 0.583. The van der Waals surface area contributed by atoms with Crippen LogP contribution >= 0.6 is 11.6 Å². The van der Waals surface area contributed by atoms with E-state index in [4.69, 9.17) is 11.6 Å². The Labute approximate surface area is 90.5 Å². The second-order valence-corrected chi connectivity index (χ2v) is 4.83. The van der Waals surface area contributed by atoms with E-state index in [1.54, 1.807) is 0 Å². The first-order valence-electron chi connectivity index (χ1n) is 5.30. The Hall–Kier alpha value is -0.560. The summed E-state index contributed by atoms with van der Waals surface area (Å²) >= 11 is 6.38. The number of alkyl halides is 1. The number of pyridine rings is 1. The van der Waals surface area contributed by atoms with Gasteiger partial charge in [-0.1, -0.05) is 6.92 Å². The molecule has 1 nitrogen and oxygen atoms in total. The highest BCUT2D eigenvalue weighted by Gasteiger charge is 2.32. The summed E-state index contributed by atoms with van der Waals surface area (Å²) in [4.78, 5) is 4.00. The van der Waals surface area contributed by atoms with E-state index in [0.717, 1.165) is 12.3 Å². The molecule has 0 bridgehead atoms. The van der Waals surface area contributed by atoms with Gasteiger partial charge in [0.25, 0.3) is 0 Å². The monoisotopic (exact) mass is 209 g/mol. The molecule has 2 rings (SSSR count). The molecule has 1 fully saturated rings. The minimum absolute atomic E-state index is 0.282. The van der Waals surface area contributed by atoms with Crippen molar-refractivity contribution in [3.8, 4) is 0 Å². The highest BCUT2D eigenvalue weighted by Crippen LogP contribution is 2.40. The highest BCUT2D eigenvalue weighted by molar-refractivity contribution is 6.20. The molecular weight excluding hydrogens is 194 g/mol. The van der Waals surface area contributed by atoms with E-state index >= 15 is 0 Å². The molecule has 0 aliphatic heterocycles. The maximum Gasteiger partial charge on any atom is 0.0404 e. The van der Waals surface area contributed by atoms with Crippen LogP contribution in [0.25, 0.3) is 0 Å². The van der Waals surface area contributed by atoms with Gasteiger partial charge >= 0.3 is 0 Å². The summed E-state index contributed by atoms with van der Waals surface area (Å²) in [5.74, 6) is 1.55. The van der Waals surface area contributed by atoms with Gasteiger partial charge in [-0.15, -0.1) is 11.6 Å². The number of hydrogen-bond donors (Lipinski definition) is 0. The lowest BCUT2D eigenvalue weighted by atomic mass is 9.97. The van der Waals surface area contributed by atoms with Crippen molar-refractivity contribution in [2.75, 3.05) is 0 Å². The lowest BCUT2D eigenvalue weighted by molar-refractivity contribution is 0.478. The van der Waals surface area contributed by atoms with E-state index < -0.39 is 0 Å². The summed E-state index contributed by atoms with van der Waals surface area (Å²) in [5.41, 5.74) is 1.30. The molecule has 0 radical (unpaired) electrons. The van der Waals surface area contributed by atoms with E-state index in [1.807, 2.05) is 12.4 Å². The van der Waals surface area contributed by atoms with Crippen LogP contribution in [0.4, 0.5) is 0 Å². The quantitative estimate of drug-likeness (QED) is 0.694. The number of halogens is 1. The molecular formula is C12H16ClN. The predicted octanol–water partition coefficient (Wildman–Crippen LogP) is 3.28. The maximum atomic E-state index is 6.38. The van der Waals surface area contributed by atoms with Crippen LogP contribution in [0.2, 0.25) is 0 Å². The molecule has 2 heteroatoms. The molecule has 2 atom stereocenters. The van der Waals surface area contributed by atoms with Crippen molar-refractivity contribution in [2.24, 2.45) is 11.8 Å². The summed E-state index contributed by atoms with van der Waals surface area (Å²) in [5, 5.41) is 0.282. The standard InChI is InChI=1S/C12H16ClN/c1-9(11-2-3-11)12(13)8-10-4-6-14-7-5-10/h4-7,9,11-12H,2-3,8H2,1H3. The zero-order valence-electron chi connectivity index (χ0n) is 8.49. The Balaban J connectivity index is 1.90. The topological polar surface area (TPSA) is 12.9 Å². The predicted molar refractivity (Wildman–Crippen MR) is 59.5 cm³/mol. The third-order valence-corrected chi connectivity index (χ3v) is 3.67. The van der Waals surface area contributed by atoms with Crippen molar-refractivity contribution in [1.29, 1.82) is 0 Å². The fourth-order valence-electron chi connectivity index (χ4n) is 1.85. The molecule has 0 amide bonds.